The number of aromatic nitrogens is 2. The summed E-state index contributed by atoms with van der Waals surface area (Å²) in [5, 5.41) is 4.61. The van der Waals surface area contributed by atoms with Gasteiger partial charge in [-0.2, -0.15) is 5.10 Å². The maximum absolute atomic E-state index is 12.8. The predicted octanol–water partition coefficient (Wildman–Crippen LogP) is 0.869. The van der Waals surface area contributed by atoms with Crippen molar-refractivity contribution in [2.24, 2.45) is 0 Å². The maximum Gasteiger partial charge on any atom is 0.289 e. The average Bonchev–Trinajstić information content (AvgIpc) is 3.49. The Morgan fingerprint density at radius 3 is 2.48 bits per heavy atom. The molecule has 0 spiro atoms. The van der Waals surface area contributed by atoms with E-state index >= 15 is 0 Å². The number of nitrogens with zero attached hydrogens (tertiary/aromatic N) is 5. The zero-order valence-corrected chi connectivity index (χ0v) is 20.2. The molecule has 2 aliphatic rings. The van der Waals surface area contributed by atoms with Gasteiger partial charge in [0.05, 0.1) is 36.0 Å². The lowest BCUT2D eigenvalue weighted by molar-refractivity contribution is -0.133. The maximum atomic E-state index is 12.8. The van der Waals surface area contributed by atoms with Crippen molar-refractivity contribution in [3.8, 4) is 0 Å². The number of rotatable bonds is 6. The molecule has 0 bridgehead atoms. The lowest BCUT2D eigenvalue weighted by Gasteiger charge is -2.35. The predicted molar refractivity (Wildman–Crippen MR) is 122 cm³/mol. The van der Waals surface area contributed by atoms with Crippen molar-refractivity contribution in [1.29, 1.82) is 0 Å². The zero-order chi connectivity index (χ0) is 23.8. The first-order valence-corrected chi connectivity index (χ1v) is 13.0. The van der Waals surface area contributed by atoms with Gasteiger partial charge >= 0.3 is 0 Å². The third-order valence-electron chi connectivity index (χ3n) is 6.51. The highest BCUT2D eigenvalue weighted by Crippen LogP contribution is 2.27. The van der Waals surface area contributed by atoms with Crippen LogP contribution in [0.3, 0.4) is 0 Å². The number of carbonyl (C=O) groups excluding carboxylic acids is 2. The van der Waals surface area contributed by atoms with Crippen LogP contribution in [-0.4, -0.2) is 96.0 Å². The molecule has 0 radical (unpaired) electrons. The molecule has 4 heterocycles. The van der Waals surface area contributed by atoms with E-state index < -0.39 is 9.84 Å². The number of furan rings is 1. The third kappa shape index (κ3) is 5.14. The SMILES string of the molecule is Cc1nn([C@@H]2CCS(=O)(=O)C2)c(C)c1CN(C)CC(=O)N1CCN(C(=O)c2ccco2)CC1. The van der Waals surface area contributed by atoms with E-state index in [1.165, 1.54) is 6.26 Å². The molecule has 0 unspecified atom stereocenters. The van der Waals surface area contributed by atoms with E-state index in [0.717, 1.165) is 17.0 Å². The van der Waals surface area contributed by atoms with Gasteiger partial charge in [-0.3, -0.25) is 19.2 Å². The van der Waals surface area contributed by atoms with Gasteiger partial charge in [0.25, 0.3) is 5.91 Å². The van der Waals surface area contributed by atoms with Crippen LogP contribution in [0.2, 0.25) is 0 Å². The Bertz CT molecular complexity index is 1120. The summed E-state index contributed by atoms with van der Waals surface area (Å²) in [5.41, 5.74) is 2.85. The molecule has 10 nitrogen and oxygen atoms in total. The van der Waals surface area contributed by atoms with Crippen LogP contribution in [0.1, 0.15) is 40.0 Å². The minimum atomic E-state index is -2.99. The highest BCUT2D eigenvalue weighted by molar-refractivity contribution is 7.91. The molecule has 1 atom stereocenters. The number of hydrogen-bond acceptors (Lipinski definition) is 7. The molecule has 2 amide bonds. The summed E-state index contributed by atoms with van der Waals surface area (Å²) in [6, 6.07) is 3.22. The van der Waals surface area contributed by atoms with Gasteiger partial charge in [0, 0.05) is 44.0 Å². The molecule has 0 N–H and O–H groups in total. The molecular weight excluding hydrogens is 446 g/mol. The van der Waals surface area contributed by atoms with Crippen molar-refractivity contribution in [2.45, 2.75) is 32.9 Å². The molecule has 2 aliphatic heterocycles. The summed E-state index contributed by atoms with van der Waals surface area (Å²) >= 11 is 0. The molecule has 0 saturated carbocycles. The van der Waals surface area contributed by atoms with E-state index in [-0.39, 0.29) is 35.9 Å². The van der Waals surface area contributed by atoms with E-state index in [1.807, 2.05) is 30.5 Å². The molecule has 11 heteroatoms. The minimum Gasteiger partial charge on any atom is -0.459 e. The number of sulfone groups is 1. The van der Waals surface area contributed by atoms with Crippen LogP contribution in [0.25, 0.3) is 0 Å². The standard InChI is InChI=1S/C22H31N5O5S/c1-16-19(17(2)27(23-16)18-6-12-33(30,31)15-18)13-24(3)14-21(28)25-7-9-26(10-8-25)22(29)20-5-4-11-32-20/h4-5,11,18H,6-10,12-15H2,1-3H3/t18-/m1/s1. The molecule has 2 aromatic rings. The summed E-state index contributed by atoms with van der Waals surface area (Å²) in [6.45, 7) is 6.64. The Kier molecular flexibility index (Phi) is 6.62. The topological polar surface area (TPSA) is 109 Å². The highest BCUT2D eigenvalue weighted by Gasteiger charge is 2.32. The van der Waals surface area contributed by atoms with Gasteiger partial charge in [0.1, 0.15) is 0 Å². The number of aryl methyl sites for hydroxylation is 1. The second-order valence-corrected chi connectivity index (χ2v) is 11.2. The van der Waals surface area contributed by atoms with Crippen molar-refractivity contribution in [2.75, 3.05) is 51.3 Å². The summed E-state index contributed by atoms with van der Waals surface area (Å²) in [5.74, 6) is 0.530. The normalized spacial score (nSPS) is 20.5. The molecular formula is C22H31N5O5S. The fourth-order valence-electron chi connectivity index (χ4n) is 4.62. The van der Waals surface area contributed by atoms with Gasteiger partial charge in [0.15, 0.2) is 15.6 Å². The number of likely N-dealkylation sites (N-methyl/N-ethyl adjacent to an activating group) is 1. The van der Waals surface area contributed by atoms with Crippen LogP contribution in [0, 0.1) is 13.8 Å². The Morgan fingerprint density at radius 1 is 1.18 bits per heavy atom. The molecule has 4 rings (SSSR count). The summed E-state index contributed by atoms with van der Waals surface area (Å²) in [6.07, 6.45) is 2.07. The van der Waals surface area contributed by atoms with Crippen LogP contribution in [0.4, 0.5) is 0 Å². The lowest BCUT2D eigenvalue weighted by atomic mass is 10.1. The molecule has 33 heavy (non-hydrogen) atoms. The van der Waals surface area contributed by atoms with E-state index in [9.17, 15) is 18.0 Å². The van der Waals surface area contributed by atoms with Gasteiger partial charge in [0.2, 0.25) is 5.91 Å². The first kappa shape index (κ1) is 23.5. The Balaban J connectivity index is 1.31. The first-order valence-electron chi connectivity index (χ1n) is 11.2. The average molecular weight is 478 g/mol. The van der Waals surface area contributed by atoms with Crippen LogP contribution >= 0.6 is 0 Å². The fourth-order valence-corrected chi connectivity index (χ4v) is 6.31. The summed E-state index contributed by atoms with van der Waals surface area (Å²) in [4.78, 5) is 30.7. The first-order chi connectivity index (χ1) is 15.6. The van der Waals surface area contributed by atoms with Crippen molar-refractivity contribution in [1.82, 2.24) is 24.5 Å². The lowest BCUT2D eigenvalue weighted by Crippen LogP contribution is -2.52. The van der Waals surface area contributed by atoms with Crippen LogP contribution < -0.4 is 0 Å². The summed E-state index contributed by atoms with van der Waals surface area (Å²) < 4.78 is 30.8. The Hall–Kier alpha value is -2.66. The molecule has 0 aromatic carbocycles. The largest absolute Gasteiger partial charge is 0.459 e. The van der Waals surface area contributed by atoms with Crippen molar-refractivity contribution >= 4 is 21.7 Å². The van der Waals surface area contributed by atoms with E-state index in [2.05, 4.69) is 5.10 Å². The second kappa shape index (κ2) is 9.30. The second-order valence-electron chi connectivity index (χ2n) is 8.97. The van der Waals surface area contributed by atoms with Crippen LogP contribution in [0.5, 0.6) is 0 Å². The van der Waals surface area contributed by atoms with Gasteiger partial charge < -0.3 is 14.2 Å². The monoisotopic (exact) mass is 477 g/mol. The zero-order valence-electron chi connectivity index (χ0n) is 19.4. The quantitative estimate of drug-likeness (QED) is 0.607. The molecule has 2 saturated heterocycles. The van der Waals surface area contributed by atoms with Crippen molar-refractivity contribution in [3.05, 3.63) is 41.1 Å². The molecule has 180 valence electrons. The van der Waals surface area contributed by atoms with E-state index in [4.69, 9.17) is 4.42 Å². The van der Waals surface area contributed by atoms with Crippen LogP contribution in [-0.2, 0) is 21.2 Å². The Morgan fingerprint density at radius 2 is 1.88 bits per heavy atom. The Labute approximate surface area is 194 Å². The summed E-state index contributed by atoms with van der Waals surface area (Å²) in [7, 11) is -1.10. The molecule has 2 fully saturated rings. The number of piperazine rings is 1. The number of hydrogen-bond donors (Lipinski definition) is 0. The smallest absolute Gasteiger partial charge is 0.289 e. The van der Waals surface area contributed by atoms with Crippen molar-refractivity contribution < 1.29 is 22.4 Å². The minimum absolute atomic E-state index is 0.0205. The molecule has 0 aliphatic carbocycles. The third-order valence-corrected chi connectivity index (χ3v) is 8.26. The van der Waals surface area contributed by atoms with E-state index in [0.29, 0.717) is 44.9 Å². The van der Waals surface area contributed by atoms with Gasteiger partial charge in [-0.1, -0.05) is 0 Å². The van der Waals surface area contributed by atoms with Gasteiger partial charge in [-0.05, 0) is 39.4 Å². The fraction of sp³-hybridized carbons (Fsp3) is 0.591. The number of amides is 2. The van der Waals surface area contributed by atoms with Crippen molar-refractivity contribution in [3.63, 3.8) is 0 Å². The van der Waals surface area contributed by atoms with Gasteiger partial charge in [-0.15, -0.1) is 0 Å². The van der Waals surface area contributed by atoms with Gasteiger partial charge in [-0.25, -0.2) is 8.42 Å². The van der Waals surface area contributed by atoms with E-state index in [1.54, 1.807) is 21.9 Å². The number of carbonyl (C=O) groups is 2. The van der Waals surface area contributed by atoms with Crippen LogP contribution in [0.15, 0.2) is 22.8 Å². The molecule has 2 aromatic heterocycles. The highest BCUT2D eigenvalue weighted by atomic mass is 32.2.